The van der Waals surface area contributed by atoms with Crippen molar-refractivity contribution >= 4 is 11.4 Å². The molecule has 0 saturated carbocycles. The van der Waals surface area contributed by atoms with E-state index >= 15 is 0 Å². The van der Waals surface area contributed by atoms with Crippen LogP contribution in [0.4, 0.5) is 0 Å². The lowest BCUT2D eigenvalue weighted by Gasteiger charge is -2.43. The number of piperidine rings is 1. The maximum atomic E-state index is 12.7. The maximum absolute atomic E-state index is 12.7. The van der Waals surface area contributed by atoms with Gasteiger partial charge < -0.3 is 9.30 Å². The first kappa shape index (κ1) is 12.9. The van der Waals surface area contributed by atoms with Crippen molar-refractivity contribution in [3.8, 4) is 0 Å². The van der Waals surface area contributed by atoms with Gasteiger partial charge in [-0.3, -0.25) is 9.69 Å². The molecule has 2 fully saturated rings. The molecule has 2 saturated heterocycles. The molecule has 1 unspecified atom stereocenters. The minimum Gasteiger partial charge on any atom is -0.336 e. The number of carbonyl (C=O) groups is 1. The summed E-state index contributed by atoms with van der Waals surface area (Å²) >= 11 is 0. The van der Waals surface area contributed by atoms with Crippen LogP contribution in [0.25, 0.3) is 5.52 Å². The first-order valence-corrected chi connectivity index (χ1v) is 7.91. The number of carbonyl (C=O) groups excluding carboxylic acids is 1. The largest absolute Gasteiger partial charge is 0.336 e. The highest BCUT2D eigenvalue weighted by molar-refractivity contribution is 5.95. The van der Waals surface area contributed by atoms with E-state index in [9.17, 15) is 4.79 Å². The molecule has 0 spiro atoms. The third kappa shape index (κ3) is 2.33. The number of fused-ring (bicyclic) bond motifs is 2. The third-order valence-corrected chi connectivity index (χ3v) is 4.88. The molecule has 0 N–H and O–H groups in total. The van der Waals surface area contributed by atoms with Crippen LogP contribution in [0.1, 0.15) is 29.6 Å². The fourth-order valence-corrected chi connectivity index (χ4v) is 3.70. The zero-order valence-corrected chi connectivity index (χ0v) is 12.2. The molecule has 0 aliphatic carbocycles. The van der Waals surface area contributed by atoms with Crippen molar-refractivity contribution in [2.45, 2.75) is 25.3 Å². The van der Waals surface area contributed by atoms with Crippen LogP contribution < -0.4 is 0 Å². The number of aromatic nitrogens is 1. The van der Waals surface area contributed by atoms with Gasteiger partial charge in [0.2, 0.25) is 0 Å². The van der Waals surface area contributed by atoms with Crippen LogP contribution in [-0.4, -0.2) is 52.3 Å². The van der Waals surface area contributed by atoms with E-state index in [1.807, 2.05) is 46.0 Å². The van der Waals surface area contributed by atoms with Crippen LogP contribution in [0.5, 0.6) is 0 Å². The average molecular weight is 283 g/mol. The van der Waals surface area contributed by atoms with E-state index in [4.69, 9.17) is 0 Å². The van der Waals surface area contributed by atoms with E-state index in [1.54, 1.807) is 0 Å². The molecule has 0 radical (unpaired) electrons. The van der Waals surface area contributed by atoms with Crippen molar-refractivity contribution in [2.75, 3.05) is 26.2 Å². The number of hydrogen-bond acceptors (Lipinski definition) is 2. The average Bonchev–Trinajstić information content (AvgIpc) is 2.97. The van der Waals surface area contributed by atoms with Gasteiger partial charge in [0.15, 0.2) is 0 Å². The predicted octanol–water partition coefficient (Wildman–Crippen LogP) is 2.25. The summed E-state index contributed by atoms with van der Waals surface area (Å²) < 4.78 is 2.02. The molecule has 4 nitrogen and oxygen atoms in total. The van der Waals surface area contributed by atoms with E-state index in [1.165, 1.54) is 25.8 Å². The molecule has 2 aliphatic heterocycles. The van der Waals surface area contributed by atoms with E-state index in [0.29, 0.717) is 6.04 Å². The van der Waals surface area contributed by atoms with Crippen molar-refractivity contribution in [3.63, 3.8) is 0 Å². The Morgan fingerprint density at radius 1 is 1.14 bits per heavy atom. The van der Waals surface area contributed by atoms with E-state index in [-0.39, 0.29) is 5.91 Å². The maximum Gasteiger partial charge on any atom is 0.255 e. The lowest BCUT2D eigenvalue weighted by molar-refractivity contribution is 0.0372. The first-order chi connectivity index (χ1) is 10.3. The minimum atomic E-state index is 0.184. The highest BCUT2D eigenvalue weighted by Crippen LogP contribution is 2.22. The van der Waals surface area contributed by atoms with E-state index in [0.717, 1.165) is 30.7 Å². The fourth-order valence-electron chi connectivity index (χ4n) is 3.70. The Bertz CT molecular complexity index is 630. The van der Waals surface area contributed by atoms with Crippen molar-refractivity contribution in [1.82, 2.24) is 14.2 Å². The zero-order valence-electron chi connectivity index (χ0n) is 12.2. The predicted molar refractivity (Wildman–Crippen MR) is 82.5 cm³/mol. The van der Waals surface area contributed by atoms with Crippen LogP contribution in [-0.2, 0) is 0 Å². The van der Waals surface area contributed by atoms with Gasteiger partial charge in [-0.25, -0.2) is 0 Å². The molecule has 1 amide bonds. The Morgan fingerprint density at radius 3 is 3.00 bits per heavy atom. The monoisotopic (exact) mass is 283 g/mol. The number of amides is 1. The third-order valence-electron chi connectivity index (χ3n) is 4.88. The summed E-state index contributed by atoms with van der Waals surface area (Å²) in [6.45, 7) is 4.00. The van der Waals surface area contributed by atoms with Gasteiger partial charge in [-0.1, -0.05) is 12.5 Å². The summed E-state index contributed by atoms with van der Waals surface area (Å²) in [6.07, 6.45) is 7.80. The summed E-state index contributed by atoms with van der Waals surface area (Å²) in [5, 5.41) is 0. The molecular formula is C17H21N3O. The lowest BCUT2D eigenvalue weighted by atomic mass is 9.99. The smallest absolute Gasteiger partial charge is 0.255 e. The van der Waals surface area contributed by atoms with Gasteiger partial charge in [-0.2, -0.15) is 0 Å². The number of hydrogen-bond donors (Lipinski definition) is 0. The molecule has 21 heavy (non-hydrogen) atoms. The molecule has 2 aliphatic rings. The van der Waals surface area contributed by atoms with E-state index < -0.39 is 0 Å². The Balaban J connectivity index is 1.54. The Hall–Kier alpha value is -1.81. The molecule has 4 rings (SSSR count). The molecule has 4 heterocycles. The topological polar surface area (TPSA) is 28.0 Å². The highest BCUT2D eigenvalue weighted by Gasteiger charge is 2.31. The molecule has 2 aromatic heterocycles. The number of pyridine rings is 1. The summed E-state index contributed by atoms with van der Waals surface area (Å²) in [4.78, 5) is 17.3. The molecular weight excluding hydrogens is 262 g/mol. The van der Waals surface area contributed by atoms with Gasteiger partial charge in [0.05, 0.1) is 5.56 Å². The molecule has 2 aromatic rings. The Labute approximate surface area is 125 Å². The number of rotatable bonds is 1. The molecule has 4 heteroatoms. The SMILES string of the molecule is O=C(c1cc2ccccn2c1)N1CCN2CCCCC2C1. The molecule has 0 aromatic carbocycles. The molecule has 1 atom stereocenters. The first-order valence-electron chi connectivity index (χ1n) is 7.91. The van der Waals surface area contributed by atoms with Crippen molar-refractivity contribution in [1.29, 1.82) is 0 Å². The van der Waals surface area contributed by atoms with Crippen LogP contribution in [0.2, 0.25) is 0 Å². The second-order valence-corrected chi connectivity index (χ2v) is 6.20. The second kappa shape index (κ2) is 5.19. The summed E-state index contributed by atoms with van der Waals surface area (Å²) in [7, 11) is 0. The van der Waals surface area contributed by atoms with Crippen LogP contribution in [0.15, 0.2) is 36.7 Å². The van der Waals surface area contributed by atoms with Crippen molar-refractivity contribution in [3.05, 3.63) is 42.2 Å². The van der Waals surface area contributed by atoms with Gasteiger partial charge in [-0.15, -0.1) is 0 Å². The summed E-state index contributed by atoms with van der Waals surface area (Å²) in [5.41, 5.74) is 1.89. The minimum absolute atomic E-state index is 0.184. The van der Waals surface area contributed by atoms with Crippen LogP contribution in [0, 0.1) is 0 Å². The van der Waals surface area contributed by atoms with Crippen molar-refractivity contribution in [2.24, 2.45) is 0 Å². The van der Waals surface area contributed by atoms with Crippen LogP contribution >= 0.6 is 0 Å². The standard InChI is InChI=1S/C17H21N3O/c21-17(14-11-15-5-1-4-8-19(15)12-14)20-10-9-18-7-3-2-6-16(18)13-20/h1,4-5,8,11-12,16H,2-3,6-7,9-10,13H2. The quantitative estimate of drug-likeness (QED) is 0.803. The van der Waals surface area contributed by atoms with Crippen molar-refractivity contribution < 1.29 is 4.79 Å². The van der Waals surface area contributed by atoms with Gasteiger partial charge >= 0.3 is 0 Å². The normalized spacial score (nSPS) is 23.2. The van der Waals surface area contributed by atoms with E-state index in [2.05, 4.69) is 4.90 Å². The summed E-state index contributed by atoms with van der Waals surface area (Å²) in [5.74, 6) is 0.184. The molecule has 0 bridgehead atoms. The van der Waals surface area contributed by atoms with Gasteiger partial charge in [-0.05, 0) is 37.6 Å². The zero-order chi connectivity index (χ0) is 14.2. The lowest BCUT2D eigenvalue weighted by Crippen LogP contribution is -2.56. The van der Waals surface area contributed by atoms with Gasteiger partial charge in [0, 0.05) is 43.6 Å². The number of piperazine rings is 1. The van der Waals surface area contributed by atoms with Crippen LogP contribution in [0.3, 0.4) is 0 Å². The highest BCUT2D eigenvalue weighted by atomic mass is 16.2. The molecule has 110 valence electrons. The Morgan fingerprint density at radius 2 is 2.10 bits per heavy atom. The van der Waals surface area contributed by atoms with Gasteiger partial charge in [0.1, 0.15) is 0 Å². The second-order valence-electron chi connectivity index (χ2n) is 6.20. The Kier molecular flexibility index (Phi) is 3.19. The summed E-state index contributed by atoms with van der Waals surface area (Å²) in [6, 6.07) is 8.60. The fraction of sp³-hybridized carbons (Fsp3) is 0.471. The van der Waals surface area contributed by atoms with Gasteiger partial charge in [0.25, 0.3) is 5.91 Å². The number of nitrogens with zero attached hydrogens (tertiary/aromatic N) is 3.